The van der Waals surface area contributed by atoms with Gasteiger partial charge in [-0.15, -0.1) is 0 Å². The van der Waals surface area contributed by atoms with E-state index in [0.29, 0.717) is 49.7 Å². The SMILES string of the molecule is Cc1cccc(CNC(=O)C2CCN(C(=O)c3cc4ccccc4n3Cc3ccc(Cl)cc3)CC2)c1. The average molecular weight is 500 g/mol. The monoisotopic (exact) mass is 499 g/mol. The summed E-state index contributed by atoms with van der Waals surface area (Å²) in [6.45, 7) is 4.31. The van der Waals surface area contributed by atoms with Crippen molar-refractivity contribution in [2.75, 3.05) is 13.1 Å². The van der Waals surface area contributed by atoms with Crippen LogP contribution in [-0.4, -0.2) is 34.4 Å². The first kappa shape index (κ1) is 24.1. The van der Waals surface area contributed by atoms with Crippen LogP contribution >= 0.6 is 11.6 Å². The number of aryl methyl sites for hydroxylation is 1. The smallest absolute Gasteiger partial charge is 0.270 e. The highest BCUT2D eigenvalue weighted by Gasteiger charge is 2.29. The average Bonchev–Trinajstić information content (AvgIpc) is 3.26. The molecule has 1 aromatic heterocycles. The third kappa shape index (κ3) is 5.31. The van der Waals surface area contributed by atoms with Crippen LogP contribution in [0.15, 0.2) is 78.9 Å². The Hall–Kier alpha value is -3.57. The molecule has 36 heavy (non-hydrogen) atoms. The Morgan fingerprint density at radius 1 is 0.917 bits per heavy atom. The van der Waals surface area contributed by atoms with E-state index in [1.807, 2.05) is 84.6 Å². The molecule has 1 saturated heterocycles. The van der Waals surface area contributed by atoms with E-state index in [-0.39, 0.29) is 17.7 Å². The highest BCUT2D eigenvalue weighted by molar-refractivity contribution is 6.30. The number of benzene rings is 3. The van der Waals surface area contributed by atoms with Crippen molar-refractivity contribution in [1.82, 2.24) is 14.8 Å². The van der Waals surface area contributed by atoms with Gasteiger partial charge in [-0.1, -0.05) is 71.8 Å². The van der Waals surface area contributed by atoms with E-state index >= 15 is 0 Å². The lowest BCUT2D eigenvalue weighted by Crippen LogP contribution is -2.43. The largest absolute Gasteiger partial charge is 0.352 e. The summed E-state index contributed by atoms with van der Waals surface area (Å²) < 4.78 is 2.08. The van der Waals surface area contributed by atoms with Crippen LogP contribution in [-0.2, 0) is 17.9 Å². The Morgan fingerprint density at radius 2 is 1.67 bits per heavy atom. The predicted molar refractivity (Wildman–Crippen MR) is 144 cm³/mol. The highest BCUT2D eigenvalue weighted by atomic mass is 35.5. The molecule has 0 unspecified atom stereocenters. The molecule has 4 aromatic rings. The van der Waals surface area contributed by atoms with Gasteiger partial charge in [-0.05, 0) is 55.2 Å². The molecule has 1 aliphatic rings. The number of hydrogen-bond acceptors (Lipinski definition) is 2. The molecule has 0 radical (unpaired) electrons. The maximum atomic E-state index is 13.6. The molecular formula is C30H30ClN3O2. The fraction of sp³-hybridized carbons (Fsp3) is 0.267. The minimum Gasteiger partial charge on any atom is -0.352 e. The zero-order valence-electron chi connectivity index (χ0n) is 20.4. The van der Waals surface area contributed by atoms with Crippen LogP contribution in [0.5, 0.6) is 0 Å². The number of carbonyl (C=O) groups is 2. The maximum absolute atomic E-state index is 13.6. The van der Waals surface area contributed by atoms with Crippen molar-refractivity contribution in [3.63, 3.8) is 0 Å². The molecule has 6 heteroatoms. The van der Waals surface area contributed by atoms with E-state index < -0.39 is 0 Å². The molecule has 5 rings (SSSR count). The number of rotatable bonds is 6. The molecule has 0 atom stereocenters. The Kier molecular flexibility index (Phi) is 7.10. The Labute approximate surface area is 216 Å². The van der Waals surface area contributed by atoms with E-state index in [4.69, 9.17) is 11.6 Å². The normalized spacial score (nSPS) is 14.2. The molecule has 2 amide bonds. The molecule has 0 spiro atoms. The Morgan fingerprint density at radius 3 is 2.42 bits per heavy atom. The minimum absolute atomic E-state index is 0.0128. The second-order valence-corrected chi connectivity index (χ2v) is 10.0. The van der Waals surface area contributed by atoms with Gasteiger partial charge in [-0.25, -0.2) is 0 Å². The highest BCUT2D eigenvalue weighted by Crippen LogP contribution is 2.25. The Balaban J connectivity index is 1.26. The molecule has 2 heterocycles. The molecule has 1 fully saturated rings. The van der Waals surface area contributed by atoms with Gasteiger partial charge in [0.15, 0.2) is 0 Å². The fourth-order valence-corrected chi connectivity index (χ4v) is 5.12. The lowest BCUT2D eigenvalue weighted by molar-refractivity contribution is -0.126. The summed E-state index contributed by atoms with van der Waals surface area (Å²) in [5.41, 5.74) is 5.07. The van der Waals surface area contributed by atoms with E-state index in [1.165, 1.54) is 5.56 Å². The quantitative estimate of drug-likeness (QED) is 0.363. The summed E-state index contributed by atoms with van der Waals surface area (Å²) in [6.07, 6.45) is 1.34. The first-order valence-corrected chi connectivity index (χ1v) is 12.8. The molecule has 184 valence electrons. The number of nitrogens with zero attached hydrogens (tertiary/aromatic N) is 2. The fourth-order valence-electron chi connectivity index (χ4n) is 4.99. The van der Waals surface area contributed by atoms with Gasteiger partial charge in [0, 0.05) is 48.0 Å². The summed E-state index contributed by atoms with van der Waals surface area (Å²) >= 11 is 6.07. The van der Waals surface area contributed by atoms with E-state index in [9.17, 15) is 9.59 Å². The number of carbonyl (C=O) groups excluding carboxylic acids is 2. The number of fused-ring (bicyclic) bond motifs is 1. The van der Waals surface area contributed by atoms with Gasteiger partial charge in [0.1, 0.15) is 5.69 Å². The summed E-state index contributed by atoms with van der Waals surface area (Å²) in [5, 5.41) is 4.81. The van der Waals surface area contributed by atoms with Gasteiger partial charge < -0.3 is 14.8 Å². The number of hydrogen-bond donors (Lipinski definition) is 1. The molecular weight excluding hydrogens is 470 g/mol. The van der Waals surface area contributed by atoms with Crippen LogP contribution in [0.1, 0.15) is 40.0 Å². The number of piperidine rings is 1. The Bertz CT molecular complexity index is 1390. The third-order valence-electron chi connectivity index (χ3n) is 6.99. The summed E-state index contributed by atoms with van der Waals surface area (Å²) in [5.74, 6) is 0.0121. The standard InChI is InChI=1S/C30H30ClN3O2/c1-21-5-4-6-23(17-21)19-32-29(35)24-13-15-33(16-14-24)30(36)28-18-25-7-2-3-8-27(25)34(28)20-22-9-11-26(31)12-10-22/h2-12,17-18,24H,13-16,19-20H2,1H3,(H,32,35). The zero-order valence-corrected chi connectivity index (χ0v) is 21.2. The lowest BCUT2D eigenvalue weighted by atomic mass is 9.95. The molecule has 0 saturated carbocycles. The summed E-state index contributed by atoms with van der Waals surface area (Å²) in [7, 11) is 0. The van der Waals surface area contributed by atoms with Crippen molar-refractivity contribution in [3.8, 4) is 0 Å². The van der Waals surface area contributed by atoms with Gasteiger partial charge in [0.25, 0.3) is 5.91 Å². The number of para-hydroxylation sites is 1. The second kappa shape index (κ2) is 10.6. The van der Waals surface area contributed by atoms with Crippen LogP contribution in [0.25, 0.3) is 10.9 Å². The van der Waals surface area contributed by atoms with Crippen molar-refractivity contribution in [1.29, 1.82) is 0 Å². The van der Waals surface area contributed by atoms with Crippen LogP contribution in [0.2, 0.25) is 5.02 Å². The number of likely N-dealkylation sites (tertiary alicyclic amines) is 1. The van der Waals surface area contributed by atoms with Gasteiger partial charge >= 0.3 is 0 Å². The van der Waals surface area contributed by atoms with Crippen molar-refractivity contribution < 1.29 is 9.59 Å². The molecule has 5 nitrogen and oxygen atoms in total. The van der Waals surface area contributed by atoms with Crippen LogP contribution < -0.4 is 5.32 Å². The van der Waals surface area contributed by atoms with Gasteiger partial charge in [0.2, 0.25) is 5.91 Å². The first-order chi connectivity index (χ1) is 17.5. The minimum atomic E-state index is -0.0706. The molecule has 0 aliphatic carbocycles. The molecule has 1 aliphatic heterocycles. The topological polar surface area (TPSA) is 54.3 Å². The van der Waals surface area contributed by atoms with Gasteiger partial charge in [-0.3, -0.25) is 9.59 Å². The number of halogens is 1. The summed E-state index contributed by atoms with van der Waals surface area (Å²) in [4.78, 5) is 28.3. The van der Waals surface area contributed by atoms with Crippen LogP contribution in [0.4, 0.5) is 0 Å². The van der Waals surface area contributed by atoms with Crippen LogP contribution in [0.3, 0.4) is 0 Å². The van der Waals surface area contributed by atoms with Crippen molar-refractivity contribution in [3.05, 3.63) is 106 Å². The van der Waals surface area contributed by atoms with Crippen molar-refractivity contribution in [2.24, 2.45) is 5.92 Å². The van der Waals surface area contributed by atoms with Gasteiger partial charge in [-0.2, -0.15) is 0 Å². The van der Waals surface area contributed by atoms with E-state index in [2.05, 4.69) is 16.0 Å². The molecule has 3 aromatic carbocycles. The number of amides is 2. The first-order valence-electron chi connectivity index (χ1n) is 12.4. The number of aromatic nitrogens is 1. The lowest BCUT2D eigenvalue weighted by Gasteiger charge is -2.31. The molecule has 1 N–H and O–H groups in total. The van der Waals surface area contributed by atoms with Crippen molar-refractivity contribution >= 4 is 34.3 Å². The van der Waals surface area contributed by atoms with E-state index in [0.717, 1.165) is 22.0 Å². The second-order valence-electron chi connectivity index (χ2n) is 9.57. The zero-order chi connectivity index (χ0) is 25.1. The molecule has 0 bridgehead atoms. The van der Waals surface area contributed by atoms with Gasteiger partial charge in [0.05, 0.1) is 0 Å². The summed E-state index contributed by atoms with van der Waals surface area (Å²) in [6, 6.07) is 26.0. The third-order valence-corrected chi connectivity index (χ3v) is 7.24. The van der Waals surface area contributed by atoms with Crippen molar-refractivity contribution in [2.45, 2.75) is 32.9 Å². The van der Waals surface area contributed by atoms with Crippen LogP contribution in [0, 0.1) is 12.8 Å². The number of nitrogens with one attached hydrogen (secondary N) is 1. The predicted octanol–water partition coefficient (Wildman–Crippen LogP) is 5.82. The maximum Gasteiger partial charge on any atom is 0.270 e. The van der Waals surface area contributed by atoms with E-state index in [1.54, 1.807) is 0 Å².